The summed E-state index contributed by atoms with van der Waals surface area (Å²) in [5, 5.41) is 2.64. The zero-order valence-corrected chi connectivity index (χ0v) is 13.0. The molecular formula is C14H16BrN3O3. The third kappa shape index (κ3) is 3.81. The number of carbonyl (C=O) groups is 2. The molecule has 2 amide bonds. The van der Waals surface area contributed by atoms with Crippen LogP contribution in [0.3, 0.4) is 0 Å². The fourth-order valence-corrected chi connectivity index (χ4v) is 2.62. The van der Waals surface area contributed by atoms with E-state index in [0.717, 1.165) is 0 Å². The maximum absolute atomic E-state index is 12.2. The van der Waals surface area contributed by atoms with Gasteiger partial charge >= 0.3 is 0 Å². The minimum absolute atomic E-state index is 0.114. The molecule has 112 valence electrons. The molecule has 1 aromatic heterocycles. The van der Waals surface area contributed by atoms with Gasteiger partial charge in [-0.15, -0.1) is 0 Å². The molecule has 2 heterocycles. The van der Waals surface area contributed by atoms with Gasteiger partial charge in [0, 0.05) is 29.7 Å². The standard InChI is InChI=1S/C14H16BrN3O3/c1-2-12(19)18-5-3-9(4-6-18)13(20)17-11-7-10(15)8-16-14(11)21/h2,7-9H,1,3-6H2,(H,16,21)(H,17,20). The molecule has 0 saturated carbocycles. The van der Waals surface area contributed by atoms with Crippen LogP contribution in [0.25, 0.3) is 0 Å². The topological polar surface area (TPSA) is 82.3 Å². The summed E-state index contributed by atoms with van der Waals surface area (Å²) in [6.45, 7) is 4.50. The van der Waals surface area contributed by atoms with Crippen molar-refractivity contribution < 1.29 is 9.59 Å². The molecule has 0 bridgehead atoms. The zero-order valence-electron chi connectivity index (χ0n) is 11.4. The SMILES string of the molecule is C=CC(=O)N1CCC(C(=O)Nc2cc(Br)c[nH]c2=O)CC1. The smallest absolute Gasteiger partial charge is 0.271 e. The van der Waals surface area contributed by atoms with E-state index in [9.17, 15) is 14.4 Å². The second kappa shape index (κ2) is 6.71. The molecule has 0 atom stereocenters. The number of hydrogen-bond donors (Lipinski definition) is 2. The van der Waals surface area contributed by atoms with Crippen molar-refractivity contribution in [2.45, 2.75) is 12.8 Å². The average Bonchev–Trinajstić information content (AvgIpc) is 2.50. The Bertz CT molecular complexity index is 618. The Hall–Kier alpha value is -1.89. The molecule has 0 radical (unpaired) electrons. The molecule has 1 aromatic rings. The van der Waals surface area contributed by atoms with Crippen molar-refractivity contribution in [1.29, 1.82) is 0 Å². The highest BCUT2D eigenvalue weighted by atomic mass is 79.9. The van der Waals surface area contributed by atoms with Gasteiger partial charge in [-0.2, -0.15) is 0 Å². The molecule has 7 heteroatoms. The van der Waals surface area contributed by atoms with Crippen molar-refractivity contribution in [1.82, 2.24) is 9.88 Å². The minimum atomic E-state index is -0.342. The molecule has 0 aromatic carbocycles. The Morgan fingerprint density at radius 2 is 2.10 bits per heavy atom. The van der Waals surface area contributed by atoms with Crippen LogP contribution in [0.1, 0.15) is 12.8 Å². The van der Waals surface area contributed by atoms with E-state index in [4.69, 9.17) is 0 Å². The van der Waals surface area contributed by atoms with E-state index < -0.39 is 0 Å². The number of hydrogen-bond acceptors (Lipinski definition) is 3. The Labute approximate surface area is 130 Å². The molecule has 0 aliphatic carbocycles. The summed E-state index contributed by atoms with van der Waals surface area (Å²) in [5.74, 6) is -0.501. The van der Waals surface area contributed by atoms with Crippen LogP contribution in [0.4, 0.5) is 5.69 Å². The van der Waals surface area contributed by atoms with Gasteiger partial charge in [-0.05, 0) is 40.9 Å². The third-order valence-electron chi connectivity index (χ3n) is 3.48. The number of anilines is 1. The number of carbonyl (C=O) groups excluding carboxylic acids is 2. The maximum atomic E-state index is 12.2. The maximum Gasteiger partial charge on any atom is 0.271 e. The van der Waals surface area contributed by atoms with Crippen LogP contribution < -0.4 is 10.9 Å². The van der Waals surface area contributed by atoms with Crippen molar-refractivity contribution in [2.24, 2.45) is 5.92 Å². The number of rotatable bonds is 3. The number of nitrogens with one attached hydrogen (secondary N) is 2. The molecule has 0 unspecified atom stereocenters. The van der Waals surface area contributed by atoms with Crippen LogP contribution in [0.15, 0.2) is 34.2 Å². The van der Waals surface area contributed by atoms with Crippen molar-refractivity contribution in [3.05, 3.63) is 39.7 Å². The van der Waals surface area contributed by atoms with Gasteiger partial charge in [-0.25, -0.2) is 0 Å². The monoisotopic (exact) mass is 353 g/mol. The quantitative estimate of drug-likeness (QED) is 0.807. The Morgan fingerprint density at radius 3 is 2.71 bits per heavy atom. The molecule has 1 fully saturated rings. The zero-order chi connectivity index (χ0) is 15.4. The van der Waals surface area contributed by atoms with Crippen LogP contribution in [-0.2, 0) is 9.59 Å². The van der Waals surface area contributed by atoms with Crippen molar-refractivity contribution in [3.8, 4) is 0 Å². The summed E-state index contributed by atoms with van der Waals surface area (Å²) in [7, 11) is 0. The number of aromatic nitrogens is 1. The number of likely N-dealkylation sites (tertiary alicyclic amines) is 1. The number of amides is 2. The predicted octanol–water partition coefficient (Wildman–Crippen LogP) is 1.50. The van der Waals surface area contributed by atoms with Crippen molar-refractivity contribution in [2.75, 3.05) is 18.4 Å². The second-order valence-electron chi connectivity index (χ2n) is 4.85. The number of H-pyrrole nitrogens is 1. The van der Waals surface area contributed by atoms with Gasteiger partial charge in [0.25, 0.3) is 5.56 Å². The minimum Gasteiger partial charge on any atom is -0.339 e. The highest BCUT2D eigenvalue weighted by Crippen LogP contribution is 2.19. The van der Waals surface area contributed by atoms with Crippen LogP contribution in [0, 0.1) is 5.92 Å². The highest BCUT2D eigenvalue weighted by molar-refractivity contribution is 9.10. The summed E-state index contributed by atoms with van der Waals surface area (Å²) in [6.07, 6.45) is 3.95. The summed E-state index contributed by atoms with van der Waals surface area (Å²) < 4.78 is 0.684. The second-order valence-corrected chi connectivity index (χ2v) is 5.77. The summed E-state index contributed by atoms with van der Waals surface area (Å²) in [6, 6.07) is 1.56. The van der Waals surface area contributed by atoms with E-state index in [2.05, 4.69) is 32.8 Å². The number of nitrogens with zero attached hydrogens (tertiary/aromatic N) is 1. The van der Waals surface area contributed by atoms with Crippen LogP contribution >= 0.6 is 15.9 Å². The van der Waals surface area contributed by atoms with Crippen LogP contribution in [0.2, 0.25) is 0 Å². The first kappa shape index (κ1) is 15.5. The van der Waals surface area contributed by atoms with Gasteiger partial charge in [0.15, 0.2) is 0 Å². The molecule has 1 aliphatic rings. The Morgan fingerprint density at radius 1 is 1.43 bits per heavy atom. The lowest BCUT2D eigenvalue weighted by atomic mass is 9.96. The predicted molar refractivity (Wildman–Crippen MR) is 82.9 cm³/mol. The lowest BCUT2D eigenvalue weighted by Crippen LogP contribution is -2.41. The summed E-state index contributed by atoms with van der Waals surface area (Å²) in [4.78, 5) is 39.5. The van der Waals surface area contributed by atoms with E-state index in [0.29, 0.717) is 30.4 Å². The highest BCUT2D eigenvalue weighted by Gasteiger charge is 2.26. The fraction of sp³-hybridized carbons (Fsp3) is 0.357. The van der Waals surface area contributed by atoms with Gasteiger partial charge < -0.3 is 15.2 Å². The largest absolute Gasteiger partial charge is 0.339 e. The van der Waals surface area contributed by atoms with E-state index >= 15 is 0 Å². The van der Waals surface area contributed by atoms with E-state index in [1.54, 1.807) is 11.0 Å². The van der Waals surface area contributed by atoms with Crippen LogP contribution in [0.5, 0.6) is 0 Å². The van der Waals surface area contributed by atoms with Gasteiger partial charge in [-0.1, -0.05) is 6.58 Å². The number of aromatic amines is 1. The van der Waals surface area contributed by atoms with Crippen molar-refractivity contribution in [3.63, 3.8) is 0 Å². The Kier molecular flexibility index (Phi) is 4.95. The number of pyridine rings is 1. The third-order valence-corrected chi connectivity index (χ3v) is 3.94. The van der Waals surface area contributed by atoms with Gasteiger partial charge in [-0.3, -0.25) is 14.4 Å². The number of halogens is 1. The molecule has 6 nitrogen and oxygen atoms in total. The van der Waals surface area contributed by atoms with Crippen LogP contribution in [-0.4, -0.2) is 34.8 Å². The van der Waals surface area contributed by atoms with E-state index in [1.165, 1.54) is 12.3 Å². The van der Waals surface area contributed by atoms with Crippen molar-refractivity contribution >= 4 is 33.4 Å². The lowest BCUT2D eigenvalue weighted by Gasteiger charge is -2.30. The molecule has 21 heavy (non-hydrogen) atoms. The van der Waals surface area contributed by atoms with Gasteiger partial charge in [0.2, 0.25) is 11.8 Å². The Balaban J connectivity index is 1.96. The molecule has 1 aliphatic heterocycles. The molecule has 2 N–H and O–H groups in total. The van der Waals surface area contributed by atoms with E-state index in [-0.39, 0.29) is 29.0 Å². The first-order valence-corrected chi connectivity index (χ1v) is 7.41. The molecule has 2 rings (SSSR count). The lowest BCUT2D eigenvalue weighted by molar-refractivity contribution is -0.130. The summed E-state index contributed by atoms with van der Waals surface area (Å²) >= 11 is 3.24. The first-order chi connectivity index (χ1) is 10.0. The first-order valence-electron chi connectivity index (χ1n) is 6.61. The van der Waals surface area contributed by atoms with Gasteiger partial charge in [0.05, 0.1) is 0 Å². The van der Waals surface area contributed by atoms with Gasteiger partial charge in [0.1, 0.15) is 5.69 Å². The molecule has 1 saturated heterocycles. The summed E-state index contributed by atoms with van der Waals surface area (Å²) in [5.41, 5.74) is -0.121. The normalized spacial score (nSPS) is 15.6. The molecular weight excluding hydrogens is 338 g/mol. The number of piperidine rings is 1. The average molecular weight is 354 g/mol. The van der Waals surface area contributed by atoms with E-state index in [1.807, 2.05) is 0 Å². The fourth-order valence-electron chi connectivity index (χ4n) is 2.28. The molecule has 0 spiro atoms.